The molecule has 2 aromatic rings. The van der Waals surface area contributed by atoms with Crippen LogP contribution in [0.5, 0.6) is 5.75 Å². The van der Waals surface area contributed by atoms with E-state index >= 15 is 0 Å². The average Bonchev–Trinajstić information content (AvgIpc) is 2.55. The van der Waals surface area contributed by atoms with Crippen LogP contribution in [0.3, 0.4) is 0 Å². The number of ether oxygens (including phenoxy) is 1. The lowest BCUT2D eigenvalue weighted by molar-refractivity contribution is 0.305. The average molecular weight is 301 g/mol. The van der Waals surface area contributed by atoms with Crippen LogP contribution in [-0.4, -0.2) is 20.1 Å². The zero-order chi connectivity index (χ0) is 15.8. The lowest BCUT2D eigenvalue weighted by atomic mass is 10.2. The Hall–Kier alpha value is -2.56. The third-order valence-electron chi connectivity index (χ3n) is 3.14. The number of hydrogen-bond donors (Lipinski definition) is 2. The third kappa shape index (κ3) is 4.77. The molecular weight excluding hydrogens is 281 g/mol. The summed E-state index contributed by atoms with van der Waals surface area (Å²) in [5.41, 5.74) is 1.93. The molecule has 2 aromatic carbocycles. The first-order chi connectivity index (χ1) is 10.7. The van der Waals surface area contributed by atoms with Crippen molar-refractivity contribution in [2.45, 2.75) is 13.2 Å². The lowest BCUT2D eigenvalue weighted by Crippen LogP contribution is -2.33. The van der Waals surface area contributed by atoms with Crippen LogP contribution in [-0.2, 0) is 13.2 Å². The lowest BCUT2D eigenvalue weighted by Gasteiger charge is -2.10. The van der Waals surface area contributed by atoms with Crippen molar-refractivity contribution in [3.63, 3.8) is 0 Å². The minimum atomic E-state index is -0.250. The van der Waals surface area contributed by atoms with Crippen LogP contribution in [0.25, 0.3) is 0 Å². The molecule has 4 nitrogen and oxygen atoms in total. The van der Waals surface area contributed by atoms with Crippen molar-refractivity contribution < 1.29 is 9.13 Å². The summed E-state index contributed by atoms with van der Waals surface area (Å²) in [6.45, 7) is 1.03. The quantitative estimate of drug-likeness (QED) is 0.659. The highest BCUT2D eigenvalue weighted by Gasteiger charge is 1.99. The molecule has 0 radical (unpaired) electrons. The van der Waals surface area contributed by atoms with Gasteiger partial charge < -0.3 is 15.4 Å². The van der Waals surface area contributed by atoms with Crippen molar-refractivity contribution in [3.05, 3.63) is 65.5 Å². The molecule has 2 rings (SSSR count). The predicted molar refractivity (Wildman–Crippen MR) is 86.4 cm³/mol. The molecule has 0 atom stereocenters. The molecule has 0 fully saturated rings. The van der Waals surface area contributed by atoms with Gasteiger partial charge in [-0.15, -0.1) is 0 Å². The molecule has 0 aromatic heterocycles. The Morgan fingerprint density at radius 1 is 1.14 bits per heavy atom. The van der Waals surface area contributed by atoms with E-state index in [1.807, 2.05) is 37.4 Å². The Morgan fingerprint density at radius 2 is 1.91 bits per heavy atom. The van der Waals surface area contributed by atoms with Gasteiger partial charge in [-0.1, -0.05) is 24.3 Å². The molecule has 5 heteroatoms. The van der Waals surface area contributed by atoms with E-state index < -0.39 is 0 Å². The summed E-state index contributed by atoms with van der Waals surface area (Å²) in [5.74, 6) is 1.25. The maximum Gasteiger partial charge on any atom is 0.190 e. The van der Waals surface area contributed by atoms with Gasteiger partial charge in [0.05, 0.1) is 0 Å². The number of hydrogen-bond acceptors (Lipinski definition) is 2. The van der Waals surface area contributed by atoms with Gasteiger partial charge in [0.1, 0.15) is 18.2 Å². The Bertz CT molecular complexity index is 626. The Kier molecular flexibility index (Phi) is 5.77. The summed E-state index contributed by atoms with van der Waals surface area (Å²) in [7, 11) is 3.54. The molecule has 0 bridgehead atoms. The first kappa shape index (κ1) is 15.8. The first-order valence-corrected chi connectivity index (χ1v) is 7.06. The third-order valence-corrected chi connectivity index (χ3v) is 3.14. The summed E-state index contributed by atoms with van der Waals surface area (Å²) in [6.07, 6.45) is 0. The van der Waals surface area contributed by atoms with Crippen LogP contribution >= 0.6 is 0 Å². The van der Waals surface area contributed by atoms with Crippen molar-refractivity contribution in [1.29, 1.82) is 0 Å². The molecule has 0 aliphatic carbocycles. The van der Waals surface area contributed by atoms with E-state index in [9.17, 15) is 4.39 Å². The first-order valence-electron chi connectivity index (χ1n) is 7.06. The van der Waals surface area contributed by atoms with Crippen molar-refractivity contribution in [2.24, 2.45) is 4.99 Å². The normalized spacial score (nSPS) is 11.1. The fourth-order valence-corrected chi connectivity index (χ4v) is 1.96. The molecule has 0 unspecified atom stereocenters. The van der Waals surface area contributed by atoms with Crippen LogP contribution in [0.4, 0.5) is 4.39 Å². The highest BCUT2D eigenvalue weighted by atomic mass is 19.1. The zero-order valence-corrected chi connectivity index (χ0v) is 12.8. The number of aliphatic imine (C=N–C) groups is 1. The van der Waals surface area contributed by atoms with Crippen molar-refractivity contribution >= 4 is 5.96 Å². The van der Waals surface area contributed by atoms with E-state index in [0.29, 0.717) is 13.2 Å². The second-order valence-electron chi connectivity index (χ2n) is 4.74. The fraction of sp³-hybridized carbons (Fsp3) is 0.235. The number of rotatable bonds is 5. The molecule has 2 N–H and O–H groups in total. The van der Waals surface area contributed by atoms with Gasteiger partial charge in [-0.3, -0.25) is 4.99 Å². The molecule has 0 heterocycles. The van der Waals surface area contributed by atoms with E-state index in [0.717, 1.165) is 22.8 Å². The summed E-state index contributed by atoms with van der Waals surface area (Å²) >= 11 is 0. The van der Waals surface area contributed by atoms with Gasteiger partial charge in [-0.25, -0.2) is 4.39 Å². The molecular formula is C17H20FN3O. The van der Waals surface area contributed by atoms with E-state index in [1.54, 1.807) is 13.1 Å². The predicted octanol–water partition coefficient (Wildman–Crippen LogP) is 2.70. The molecule has 0 spiro atoms. The fourth-order valence-electron chi connectivity index (χ4n) is 1.96. The molecule has 0 amide bonds. The number of nitrogens with zero attached hydrogens (tertiary/aromatic N) is 1. The largest absolute Gasteiger partial charge is 0.489 e. The molecule has 0 saturated heterocycles. The number of nitrogens with one attached hydrogen (secondary N) is 2. The van der Waals surface area contributed by atoms with Gasteiger partial charge in [-0.05, 0) is 35.4 Å². The summed E-state index contributed by atoms with van der Waals surface area (Å²) in [6, 6.07) is 14.2. The number of guanidine groups is 1. The minimum Gasteiger partial charge on any atom is -0.489 e. The highest BCUT2D eigenvalue weighted by molar-refractivity contribution is 5.79. The van der Waals surface area contributed by atoms with Crippen molar-refractivity contribution in [2.75, 3.05) is 14.1 Å². The van der Waals surface area contributed by atoms with Crippen LogP contribution < -0.4 is 15.4 Å². The zero-order valence-electron chi connectivity index (χ0n) is 12.8. The molecule has 116 valence electrons. The van der Waals surface area contributed by atoms with Crippen LogP contribution in [0.1, 0.15) is 11.1 Å². The second-order valence-corrected chi connectivity index (χ2v) is 4.74. The van der Waals surface area contributed by atoms with Crippen LogP contribution in [0.15, 0.2) is 53.5 Å². The van der Waals surface area contributed by atoms with Gasteiger partial charge in [0.25, 0.3) is 0 Å². The molecule has 0 saturated carbocycles. The maximum absolute atomic E-state index is 13.1. The molecule has 22 heavy (non-hydrogen) atoms. The van der Waals surface area contributed by atoms with Crippen LogP contribution in [0, 0.1) is 5.82 Å². The minimum absolute atomic E-state index is 0.250. The summed E-state index contributed by atoms with van der Waals surface area (Å²) in [5, 5.41) is 6.14. The smallest absolute Gasteiger partial charge is 0.190 e. The van der Waals surface area contributed by atoms with Crippen molar-refractivity contribution in [1.82, 2.24) is 10.6 Å². The Labute approximate surface area is 130 Å². The Morgan fingerprint density at radius 3 is 2.55 bits per heavy atom. The van der Waals surface area contributed by atoms with Gasteiger partial charge in [0.15, 0.2) is 5.96 Å². The van der Waals surface area contributed by atoms with E-state index in [1.165, 1.54) is 12.1 Å². The van der Waals surface area contributed by atoms with Crippen molar-refractivity contribution in [3.8, 4) is 5.75 Å². The van der Waals surface area contributed by atoms with Gasteiger partial charge in [0, 0.05) is 20.6 Å². The highest BCUT2D eigenvalue weighted by Crippen LogP contribution is 2.14. The van der Waals surface area contributed by atoms with E-state index in [4.69, 9.17) is 4.74 Å². The van der Waals surface area contributed by atoms with Gasteiger partial charge in [-0.2, -0.15) is 0 Å². The number of benzene rings is 2. The van der Waals surface area contributed by atoms with E-state index in [-0.39, 0.29) is 5.82 Å². The molecule has 0 aliphatic rings. The maximum atomic E-state index is 13.1. The number of halogens is 1. The summed E-state index contributed by atoms with van der Waals surface area (Å²) in [4.78, 5) is 4.05. The van der Waals surface area contributed by atoms with Crippen LogP contribution in [0.2, 0.25) is 0 Å². The van der Waals surface area contributed by atoms with Gasteiger partial charge in [0.2, 0.25) is 0 Å². The summed E-state index contributed by atoms with van der Waals surface area (Å²) < 4.78 is 18.7. The Balaban J connectivity index is 1.86. The molecule has 0 aliphatic heterocycles. The van der Waals surface area contributed by atoms with E-state index in [2.05, 4.69) is 15.6 Å². The standard InChI is InChI=1S/C17H20FN3O/c1-19-17(20-2)21-11-13-6-8-16(9-7-13)22-12-14-4-3-5-15(18)10-14/h3-10H,11-12H2,1-2H3,(H2,19,20,21). The SMILES string of the molecule is CN=C(NC)NCc1ccc(OCc2cccc(F)c2)cc1. The van der Waals surface area contributed by atoms with Gasteiger partial charge >= 0.3 is 0 Å². The monoisotopic (exact) mass is 301 g/mol. The topological polar surface area (TPSA) is 45.7 Å². The second kappa shape index (κ2) is 8.02.